The lowest BCUT2D eigenvalue weighted by Gasteiger charge is -2.30. The molecule has 1 aliphatic heterocycles. The molecule has 0 unspecified atom stereocenters. The highest BCUT2D eigenvalue weighted by Crippen LogP contribution is 2.28. The average Bonchev–Trinajstić information content (AvgIpc) is 2.77. The number of anilines is 1. The summed E-state index contributed by atoms with van der Waals surface area (Å²) in [4.78, 5) is 25.7. The molecular weight excluding hydrogens is 408 g/mol. The van der Waals surface area contributed by atoms with Crippen LogP contribution in [0, 0.1) is 10.1 Å². The number of amides is 1. The average molecular weight is 433 g/mol. The third-order valence-corrected chi connectivity index (χ3v) is 6.47. The number of nitrogens with zero attached hydrogens (tertiary/aromatic N) is 2. The molecule has 0 atom stereocenters. The van der Waals surface area contributed by atoms with E-state index in [1.807, 2.05) is 0 Å². The molecule has 0 bridgehead atoms. The molecule has 0 aliphatic carbocycles. The van der Waals surface area contributed by atoms with E-state index in [0.717, 1.165) is 32.4 Å². The summed E-state index contributed by atoms with van der Waals surface area (Å²) in [6, 6.07) is 10.6. The van der Waals surface area contributed by atoms with E-state index in [2.05, 4.69) is 14.9 Å². The van der Waals surface area contributed by atoms with Crippen LogP contribution in [0.3, 0.4) is 0 Å². The van der Waals surface area contributed by atoms with Gasteiger partial charge in [-0.2, -0.15) is 0 Å². The molecule has 0 saturated carbocycles. The first-order valence-electron chi connectivity index (χ1n) is 9.66. The minimum absolute atomic E-state index is 0.0913. The van der Waals surface area contributed by atoms with Gasteiger partial charge in [0.2, 0.25) is 10.0 Å². The maximum absolute atomic E-state index is 12.9. The van der Waals surface area contributed by atoms with Gasteiger partial charge in [0.05, 0.1) is 21.1 Å². The fraction of sp³-hybridized carbons (Fsp3) is 0.350. The van der Waals surface area contributed by atoms with E-state index in [0.29, 0.717) is 11.3 Å². The molecule has 0 aromatic heterocycles. The molecule has 1 fully saturated rings. The van der Waals surface area contributed by atoms with E-state index in [4.69, 9.17) is 0 Å². The number of piperidine rings is 1. The number of nitro groups is 1. The predicted molar refractivity (Wildman–Crippen MR) is 113 cm³/mol. The second-order valence-electron chi connectivity index (χ2n) is 7.04. The van der Waals surface area contributed by atoms with Gasteiger partial charge in [-0.15, -0.1) is 0 Å². The molecule has 30 heavy (non-hydrogen) atoms. The predicted octanol–water partition coefficient (Wildman–Crippen LogP) is 2.42. The van der Waals surface area contributed by atoms with Crippen molar-refractivity contribution in [3.63, 3.8) is 0 Å². The van der Waals surface area contributed by atoms with Gasteiger partial charge in [-0.25, -0.2) is 13.1 Å². The summed E-state index contributed by atoms with van der Waals surface area (Å²) in [6.07, 6.45) is 3.13. The molecule has 160 valence electrons. The summed E-state index contributed by atoms with van der Waals surface area (Å²) in [7, 11) is -2.26. The Kier molecular flexibility index (Phi) is 6.68. The molecule has 9 nitrogen and oxygen atoms in total. The second kappa shape index (κ2) is 9.23. The van der Waals surface area contributed by atoms with Gasteiger partial charge < -0.3 is 10.2 Å². The first-order chi connectivity index (χ1) is 14.3. The monoisotopic (exact) mass is 432 g/mol. The highest BCUT2D eigenvalue weighted by atomic mass is 32.2. The largest absolute Gasteiger partial charge is 0.371 e. The number of rotatable bonds is 7. The number of nitrogens with one attached hydrogen (secondary N) is 2. The zero-order chi connectivity index (χ0) is 21.7. The van der Waals surface area contributed by atoms with Crippen molar-refractivity contribution in [2.24, 2.45) is 0 Å². The maximum Gasteiger partial charge on any atom is 0.270 e. The Morgan fingerprint density at radius 3 is 2.53 bits per heavy atom. The third kappa shape index (κ3) is 4.95. The van der Waals surface area contributed by atoms with Crippen LogP contribution in [0.15, 0.2) is 47.4 Å². The zero-order valence-corrected chi connectivity index (χ0v) is 17.4. The lowest BCUT2D eigenvalue weighted by Crippen LogP contribution is -2.32. The van der Waals surface area contributed by atoms with Crippen molar-refractivity contribution in [2.45, 2.75) is 30.7 Å². The number of nitro benzene ring substituents is 1. The standard InChI is InChI=1S/C20H24N4O5S/c1-21-30(28,29)17-7-5-6-15(12-17)14-22-20(25)18-13-16(24(26)27)8-9-19(18)23-10-3-2-4-11-23/h5-9,12-13,21H,2-4,10-11,14H2,1H3,(H,22,25). The molecule has 2 N–H and O–H groups in total. The number of carbonyl (C=O) groups is 1. The molecule has 2 aromatic carbocycles. The van der Waals surface area contributed by atoms with E-state index in [-0.39, 0.29) is 22.7 Å². The Labute approximate surface area is 175 Å². The number of hydrogen-bond donors (Lipinski definition) is 2. The highest BCUT2D eigenvalue weighted by Gasteiger charge is 2.22. The Morgan fingerprint density at radius 2 is 1.87 bits per heavy atom. The van der Waals surface area contributed by atoms with Crippen LogP contribution in [0.5, 0.6) is 0 Å². The number of benzene rings is 2. The smallest absolute Gasteiger partial charge is 0.270 e. The van der Waals surface area contributed by atoms with Crippen LogP contribution in [-0.4, -0.2) is 39.4 Å². The zero-order valence-electron chi connectivity index (χ0n) is 16.6. The Hall–Kier alpha value is -2.98. The number of non-ortho nitro benzene ring substituents is 1. The van der Waals surface area contributed by atoms with Crippen molar-refractivity contribution < 1.29 is 18.1 Å². The van der Waals surface area contributed by atoms with Gasteiger partial charge in [0, 0.05) is 31.8 Å². The van der Waals surface area contributed by atoms with E-state index >= 15 is 0 Å². The summed E-state index contributed by atoms with van der Waals surface area (Å²) < 4.78 is 26.2. The topological polar surface area (TPSA) is 122 Å². The van der Waals surface area contributed by atoms with Gasteiger partial charge in [-0.3, -0.25) is 14.9 Å². The number of hydrogen-bond acceptors (Lipinski definition) is 6. The molecule has 1 saturated heterocycles. The highest BCUT2D eigenvalue weighted by molar-refractivity contribution is 7.89. The molecule has 10 heteroatoms. The Morgan fingerprint density at radius 1 is 1.13 bits per heavy atom. The SMILES string of the molecule is CNS(=O)(=O)c1cccc(CNC(=O)c2cc([N+](=O)[O-])ccc2N2CCCCC2)c1. The molecule has 0 spiro atoms. The minimum atomic E-state index is -3.59. The molecule has 1 amide bonds. The van der Waals surface area contributed by atoms with Gasteiger partial charge in [-0.05, 0) is 50.1 Å². The maximum atomic E-state index is 12.9. The molecule has 1 heterocycles. The van der Waals surface area contributed by atoms with E-state index < -0.39 is 20.9 Å². The van der Waals surface area contributed by atoms with Crippen molar-refractivity contribution in [3.8, 4) is 0 Å². The summed E-state index contributed by atoms with van der Waals surface area (Å²) in [5.41, 5.74) is 1.36. The van der Waals surface area contributed by atoms with Gasteiger partial charge in [0.25, 0.3) is 11.6 Å². The van der Waals surface area contributed by atoms with Crippen LogP contribution in [0.25, 0.3) is 0 Å². The van der Waals surface area contributed by atoms with Crippen LogP contribution >= 0.6 is 0 Å². The summed E-state index contributed by atoms with van der Waals surface area (Å²) in [5, 5.41) is 14.0. The quantitative estimate of drug-likeness (QED) is 0.512. The van der Waals surface area contributed by atoms with Crippen molar-refractivity contribution in [3.05, 3.63) is 63.7 Å². The number of sulfonamides is 1. The van der Waals surface area contributed by atoms with Gasteiger partial charge in [0.15, 0.2) is 0 Å². The van der Waals surface area contributed by atoms with Crippen LogP contribution in [0.2, 0.25) is 0 Å². The summed E-state index contributed by atoms with van der Waals surface area (Å²) >= 11 is 0. The minimum Gasteiger partial charge on any atom is -0.371 e. The normalized spacial score (nSPS) is 14.4. The van der Waals surface area contributed by atoms with Gasteiger partial charge >= 0.3 is 0 Å². The van der Waals surface area contributed by atoms with Crippen LogP contribution in [-0.2, 0) is 16.6 Å². The molecule has 2 aromatic rings. The van der Waals surface area contributed by atoms with E-state index in [1.54, 1.807) is 18.2 Å². The van der Waals surface area contributed by atoms with E-state index in [1.165, 1.54) is 31.3 Å². The summed E-state index contributed by atoms with van der Waals surface area (Å²) in [6.45, 7) is 1.68. The summed E-state index contributed by atoms with van der Waals surface area (Å²) in [5.74, 6) is -0.443. The first kappa shape index (κ1) is 21.7. The second-order valence-corrected chi connectivity index (χ2v) is 8.93. The molecule has 1 aliphatic rings. The lowest BCUT2D eigenvalue weighted by atomic mass is 10.1. The Balaban J connectivity index is 1.83. The van der Waals surface area contributed by atoms with E-state index in [9.17, 15) is 23.3 Å². The third-order valence-electron chi connectivity index (χ3n) is 5.06. The van der Waals surface area contributed by atoms with Crippen LogP contribution in [0.1, 0.15) is 35.2 Å². The number of carbonyl (C=O) groups excluding carboxylic acids is 1. The fourth-order valence-corrected chi connectivity index (χ4v) is 4.25. The molecule has 0 radical (unpaired) electrons. The molecular formula is C20H24N4O5S. The Bertz CT molecular complexity index is 1050. The van der Waals surface area contributed by atoms with Crippen molar-refractivity contribution >= 4 is 27.3 Å². The fourth-order valence-electron chi connectivity index (χ4n) is 3.45. The van der Waals surface area contributed by atoms with Crippen molar-refractivity contribution in [1.29, 1.82) is 0 Å². The van der Waals surface area contributed by atoms with Crippen molar-refractivity contribution in [2.75, 3.05) is 25.0 Å². The van der Waals surface area contributed by atoms with Crippen LogP contribution in [0.4, 0.5) is 11.4 Å². The molecule has 3 rings (SSSR count). The van der Waals surface area contributed by atoms with Crippen LogP contribution < -0.4 is 14.9 Å². The lowest BCUT2D eigenvalue weighted by molar-refractivity contribution is -0.384. The first-order valence-corrected chi connectivity index (χ1v) is 11.1. The van der Waals surface area contributed by atoms with Gasteiger partial charge in [-0.1, -0.05) is 12.1 Å². The van der Waals surface area contributed by atoms with Gasteiger partial charge in [0.1, 0.15) is 0 Å². The van der Waals surface area contributed by atoms with Crippen molar-refractivity contribution in [1.82, 2.24) is 10.0 Å².